The number of thioether (sulfide) groups is 1. The summed E-state index contributed by atoms with van der Waals surface area (Å²) in [5, 5.41) is 11.7. The summed E-state index contributed by atoms with van der Waals surface area (Å²) >= 11 is 1.50. The van der Waals surface area contributed by atoms with Gasteiger partial charge in [0.05, 0.1) is 12.4 Å². The molecule has 21 heavy (non-hydrogen) atoms. The smallest absolute Gasteiger partial charge is 0.234 e. The van der Waals surface area contributed by atoms with Crippen molar-refractivity contribution in [2.45, 2.75) is 12.4 Å². The number of hydrogen-bond donors (Lipinski definition) is 2. The van der Waals surface area contributed by atoms with E-state index < -0.39 is 0 Å². The molecule has 0 bridgehead atoms. The summed E-state index contributed by atoms with van der Waals surface area (Å²) in [7, 11) is 0. The third-order valence-electron chi connectivity index (χ3n) is 2.84. The monoisotopic (exact) mass is 305 g/mol. The first-order valence-corrected chi connectivity index (χ1v) is 7.64. The molecule has 110 valence electrons. The van der Waals surface area contributed by atoms with Crippen molar-refractivity contribution in [3.63, 3.8) is 0 Å². The first kappa shape index (κ1) is 15.5. The normalized spacial score (nSPS) is 10.4. The van der Waals surface area contributed by atoms with Crippen molar-refractivity contribution >= 4 is 23.4 Å². The number of aliphatic hydroxyl groups excluding tert-OH is 1. The van der Waals surface area contributed by atoms with Gasteiger partial charge in [0.2, 0.25) is 5.91 Å². The number of anilines is 1. The van der Waals surface area contributed by atoms with Crippen molar-refractivity contribution in [1.29, 1.82) is 0 Å². The molecule has 0 saturated carbocycles. The van der Waals surface area contributed by atoms with Crippen LogP contribution in [-0.2, 0) is 17.2 Å². The number of nitrogens with one attached hydrogen (secondary N) is 1. The van der Waals surface area contributed by atoms with Crippen molar-refractivity contribution in [2.75, 3.05) is 11.1 Å². The third-order valence-corrected chi connectivity index (χ3v) is 3.84. The molecule has 0 unspecified atom stereocenters. The van der Waals surface area contributed by atoms with Crippen LogP contribution in [0.4, 0.5) is 10.1 Å². The van der Waals surface area contributed by atoms with Crippen LogP contribution in [0.1, 0.15) is 11.1 Å². The Morgan fingerprint density at radius 2 is 1.67 bits per heavy atom. The molecule has 0 aliphatic rings. The number of halogens is 1. The summed E-state index contributed by atoms with van der Waals surface area (Å²) in [6.07, 6.45) is 0. The van der Waals surface area contributed by atoms with Crippen LogP contribution in [0.5, 0.6) is 0 Å². The summed E-state index contributed by atoms with van der Waals surface area (Å²) in [6, 6.07) is 13.3. The number of carbonyl (C=O) groups is 1. The van der Waals surface area contributed by atoms with Gasteiger partial charge in [-0.05, 0) is 35.4 Å². The average molecular weight is 305 g/mol. The maximum atomic E-state index is 12.7. The zero-order valence-corrected chi connectivity index (χ0v) is 12.2. The number of benzene rings is 2. The largest absolute Gasteiger partial charge is 0.392 e. The minimum atomic E-state index is -0.325. The summed E-state index contributed by atoms with van der Waals surface area (Å²) in [4.78, 5) is 11.7. The van der Waals surface area contributed by atoms with Gasteiger partial charge in [0.25, 0.3) is 0 Å². The van der Waals surface area contributed by atoms with Gasteiger partial charge in [-0.25, -0.2) is 4.39 Å². The molecule has 2 aromatic carbocycles. The molecule has 0 heterocycles. The highest BCUT2D eigenvalue weighted by molar-refractivity contribution is 7.99. The van der Waals surface area contributed by atoms with E-state index in [1.165, 1.54) is 36.0 Å². The number of rotatable bonds is 6. The maximum absolute atomic E-state index is 12.7. The number of amides is 1. The van der Waals surface area contributed by atoms with E-state index in [1.54, 1.807) is 0 Å². The minimum Gasteiger partial charge on any atom is -0.392 e. The molecular weight excluding hydrogens is 289 g/mol. The molecule has 1 amide bonds. The Balaban J connectivity index is 1.74. The van der Waals surface area contributed by atoms with Crippen LogP contribution in [0.15, 0.2) is 48.5 Å². The van der Waals surface area contributed by atoms with Gasteiger partial charge in [0.1, 0.15) is 5.82 Å². The van der Waals surface area contributed by atoms with Crippen molar-refractivity contribution in [1.82, 2.24) is 0 Å². The molecule has 0 fully saturated rings. The highest BCUT2D eigenvalue weighted by Gasteiger charge is 2.03. The molecule has 0 aromatic heterocycles. The fourth-order valence-corrected chi connectivity index (χ4v) is 2.52. The second-order valence-electron chi connectivity index (χ2n) is 4.52. The molecule has 5 heteroatoms. The highest BCUT2D eigenvalue weighted by Crippen LogP contribution is 2.14. The predicted octanol–water partition coefficient (Wildman–Crippen LogP) is 3.19. The molecule has 0 aliphatic heterocycles. The molecule has 2 aromatic rings. The molecular formula is C16H16FNO2S. The molecule has 0 aliphatic carbocycles. The molecule has 0 spiro atoms. The Hall–Kier alpha value is -1.85. The van der Waals surface area contributed by atoms with Crippen LogP contribution in [0, 0.1) is 5.82 Å². The summed E-state index contributed by atoms with van der Waals surface area (Å²) in [5.41, 5.74) is 2.57. The lowest BCUT2D eigenvalue weighted by Crippen LogP contribution is -2.14. The average Bonchev–Trinajstić information content (AvgIpc) is 2.50. The molecule has 3 nitrogen and oxygen atoms in total. The second-order valence-corrected chi connectivity index (χ2v) is 5.51. The van der Waals surface area contributed by atoms with E-state index in [0.29, 0.717) is 11.4 Å². The Labute approximate surface area is 127 Å². The van der Waals surface area contributed by atoms with E-state index in [1.807, 2.05) is 24.3 Å². The van der Waals surface area contributed by atoms with E-state index in [9.17, 15) is 9.18 Å². The number of carbonyl (C=O) groups excluding carboxylic acids is 1. The van der Waals surface area contributed by atoms with Crippen LogP contribution >= 0.6 is 11.8 Å². The van der Waals surface area contributed by atoms with Gasteiger partial charge in [0, 0.05) is 11.4 Å². The van der Waals surface area contributed by atoms with Gasteiger partial charge in [-0.2, -0.15) is 0 Å². The highest BCUT2D eigenvalue weighted by atomic mass is 32.2. The summed E-state index contributed by atoms with van der Waals surface area (Å²) < 4.78 is 12.7. The van der Waals surface area contributed by atoms with E-state index in [-0.39, 0.29) is 18.3 Å². The predicted molar refractivity (Wildman–Crippen MR) is 83.6 cm³/mol. The first-order chi connectivity index (χ1) is 10.2. The fourth-order valence-electron chi connectivity index (χ4n) is 1.73. The van der Waals surface area contributed by atoms with Crippen molar-refractivity contribution in [3.05, 3.63) is 65.5 Å². The van der Waals surface area contributed by atoms with Gasteiger partial charge in [-0.1, -0.05) is 24.3 Å². The number of hydrogen-bond acceptors (Lipinski definition) is 3. The topological polar surface area (TPSA) is 49.3 Å². The summed E-state index contributed by atoms with van der Waals surface area (Å²) in [5.74, 6) is 0.620. The molecule has 2 rings (SSSR count). The van der Waals surface area contributed by atoms with Gasteiger partial charge in [-0.3, -0.25) is 4.79 Å². The van der Waals surface area contributed by atoms with Crippen molar-refractivity contribution < 1.29 is 14.3 Å². The first-order valence-electron chi connectivity index (χ1n) is 6.49. The molecule has 0 saturated heterocycles. The van der Waals surface area contributed by atoms with Crippen molar-refractivity contribution in [2.24, 2.45) is 0 Å². The standard InChI is InChI=1S/C16H16FNO2S/c17-14-5-7-15(8-6-14)18-16(20)11-21-10-13-3-1-12(9-19)2-4-13/h1-8,19H,9-11H2,(H,18,20). The minimum absolute atomic E-state index is 0.0352. The molecule has 0 atom stereocenters. The van der Waals surface area contributed by atoms with Crippen LogP contribution < -0.4 is 5.32 Å². The van der Waals surface area contributed by atoms with E-state index in [2.05, 4.69) is 5.32 Å². The lowest BCUT2D eigenvalue weighted by atomic mass is 10.2. The van der Waals surface area contributed by atoms with Gasteiger partial charge < -0.3 is 10.4 Å². The summed E-state index contributed by atoms with van der Waals surface area (Å²) in [6.45, 7) is 0.0352. The quantitative estimate of drug-likeness (QED) is 0.861. The Morgan fingerprint density at radius 3 is 2.29 bits per heavy atom. The van der Waals surface area contributed by atoms with Crippen LogP contribution in [0.3, 0.4) is 0 Å². The fraction of sp³-hybridized carbons (Fsp3) is 0.188. The SMILES string of the molecule is O=C(CSCc1ccc(CO)cc1)Nc1ccc(F)cc1. The molecule has 0 radical (unpaired) electrons. The zero-order valence-electron chi connectivity index (χ0n) is 11.4. The third kappa shape index (κ3) is 5.21. The Bertz CT molecular complexity index is 584. The molecule has 2 N–H and O–H groups in total. The van der Waals surface area contributed by atoms with Gasteiger partial charge >= 0.3 is 0 Å². The lowest BCUT2D eigenvalue weighted by molar-refractivity contribution is -0.113. The van der Waals surface area contributed by atoms with Crippen LogP contribution in [0.25, 0.3) is 0 Å². The zero-order chi connectivity index (χ0) is 15.1. The van der Waals surface area contributed by atoms with Gasteiger partial charge in [0.15, 0.2) is 0 Å². The number of aliphatic hydroxyl groups is 1. The Morgan fingerprint density at radius 1 is 1.05 bits per heavy atom. The lowest BCUT2D eigenvalue weighted by Gasteiger charge is -2.05. The Kier molecular flexibility index (Phi) is 5.78. The van der Waals surface area contributed by atoms with Crippen molar-refractivity contribution in [3.8, 4) is 0 Å². The van der Waals surface area contributed by atoms with Crippen LogP contribution in [-0.4, -0.2) is 16.8 Å². The van der Waals surface area contributed by atoms with Crippen LogP contribution in [0.2, 0.25) is 0 Å². The second kappa shape index (κ2) is 7.81. The van der Waals surface area contributed by atoms with E-state index in [4.69, 9.17) is 5.11 Å². The maximum Gasteiger partial charge on any atom is 0.234 e. The van der Waals surface area contributed by atoms with E-state index in [0.717, 1.165) is 16.9 Å². The van der Waals surface area contributed by atoms with E-state index >= 15 is 0 Å². The van der Waals surface area contributed by atoms with Gasteiger partial charge in [-0.15, -0.1) is 11.8 Å².